The van der Waals surface area contributed by atoms with Crippen LogP contribution in [0.2, 0.25) is 0 Å². The van der Waals surface area contributed by atoms with Gasteiger partial charge in [-0.2, -0.15) is 8.78 Å². The van der Waals surface area contributed by atoms with Crippen LogP contribution in [0.25, 0.3) is 0 Å². The van der Waals surface area contributed by atoms with Crippen molar-refractivity contribution >= 4 is 5.69 Å². The summed E-state index contributed by atoms with van der Waals surface area (Å²) in [5.41, 5.74) is 0.568. The van der Waals surface area contributed by atoms with Crippen molar-refractivity contribution in [3.63, 3.8) is 0 Å². The Labute approximate surface area is 115 Å². The highest BCUT2D eigenvalue weighted by atomic mass is 19.3. The standard InChI is InChI=1S/C15H13F2NO2/c16-15(17,11-4-2-1-3-5-11)9-18-12-6-7-13-14(8-12)20-10-19-13/h1-8,18H,9-10H2. The minimum Gasteiger partial charge on any atom is -0.454 e. The average molecular weight is 277 g/mol. The second-order valence-corrected chi connectivity index (χ2v) is 4.49. The van der Waals surface area contributed by atoms with Crippen LogP contribution >= 0.6 is 0 Å². The fourth-order valence-electron chi connectivity index (χ4n) is 2.00. The van der Waals surface area contributed by atoms with Crippen LogP contribution in [0.1, 0.15) is 5.56 Å². The Balaban J connectivity index is 1.70. The molecule has 0 saturated heterocycles. The van der Waals surface area contributed by atoms with E-state index in [1.54, 1.807) is 36.4 Å². The Bertz CT molecular complexity index is 602. The maximum atomic E-state index is 14.0. The van der Waals surface area contributed by atoms with Gasteiger partial charge in [-0.05, 0) is 12.1 Å². The van der Waals surface area contributed by atoms with E-state index in [-0.39, 0.29) is 12.4 Å². The molecule has 2 aromatic carbocycles. The summed E-state index contributed by atoms with van der Waals surface area (Å²) in [4.78, 5) is 0. The van der Waals surface area contributed by atoms with E-state index >= 15 is 0 Å². The quantitative estimate of drug-likeness (QED) is 0.926. The zero-order chi connectivity index (χ0) is 14.0. The first-order valence-electron chi connectivity index (χ1n) is 6.22. The van der Waals surface area contributed by atoms with Crippen molar-refractivity contribution in [3.05, 3.63) is 54.1 Å². The lowest BCUT2D eigenvalue weighted by molar-refractivity contribution is 0.0106. The first kappa shape index (κ1) is 12.7. The molecule has 0 aromatic heterocycles. The van der Waals surface area contributed by atoms with E-state index in [4.69, 9.17) is 9.47 Å². The fraction of sp³-hybridized carbons (Fsp3) is 0.200. The summed E-state index contributed by atoms with van der Waals surface area (Å²) in [5.74, 6) is -1.74. The number of fused-ring (bicyclic) bond motifs is 1. The monoisotopic (exact) mass is 277 g/mol. The Kier molecular flexibility index (Phi) is 3.18. The zero-order valence-electron chi connectivity index (χ0n) is 10.6. The lowest BCUT2D eigenvalue weighted by atomic mass is 10.1. The second kappa shape index (κ2) is 5.00. The summed E-state index contributed by atoms with van der Waals surface area (Å²) in [7, 11) is 0. The van der Waals surface area contributed by atoms with E-state index in [2.05, 4.69) is 5.32 Å². The highest BCUT2D eigenvalue weighted by Gasteiger charge is 2.31. The maximum Gasteiger partial charge on any atom is 0.290 e. The minimum atomic E-state index is -2.93. The summed E-state index contributed by atoms with van der Waals surface area (Å²) in [5, 5.41) is 2.73. The van der Waals surface area contributed by atoms with Crippen molar-refractivity contribution < 1.29 is 18.3 Å². The Morgan fingerprint density at radius 3 is 2.55 bits per heavy atom. The van der Waals surface area contributed by atoms with Gasteiger partial charge in [0.1, 0.15) is 0 Å². The molecule has 1 N–H and O–H groups in total. The second-order valence-electron chi connectivity index (χ2n) is 4.49. The van der Waals surface area contributed by atoms with E-state index in [0.717, 1.165) is 0 Å². The number of anilines is 1. The highest BCUT2D eigenvalue weighted by molar-refractivity contribution is 5.55. The molecule has 0 fully saturated rings. The van der Waals surface area contributed by atoms with Crippen LogP contribution in [0.3, 0.4) is 0 Å². The molecular weight excluding hydrogens is 264 g/mol. The van der Waals surface area contributed by atoms with Crippen molar-refractivity contribution in [1.82, 2.24) is 0 Å². The van der Waals surface area contributed by atoms with Crippen LogP contribution in [0, 0.1) is 0 Å². The first-order chi connectivity index (χ1) is 9.65. The topological polar surface area (TPSA) is 30.5 Å². The van der Waals surface area contributed by atoms with Crippen molar-refractivity contribution in [1.29, 1.82) is 0 Å². The Morgan fingerprint density at radius 2 is 1.75 bits per heavy atom. The molecule has 0 aliphatic carbocycles. The molecule has 0 saturated carbocycles. The van der Waals surface area contributed by atoms with Gasteiger partial charge in [0.15, 0.2) is 11.5 Å². The summed E-state index contributed by atoms with van der Waals surface area (Å²) in [6.07, 6.45) is 0. The van der Waals surface area contributed by atoms with Gasteiger partial charge in [-0.1, -0.05) is 30.3 Å². The summed E-state index contributed by atoms with van der Waals surface area (Å²) >= 11 is 0. The lowest BCUT2D eigenvalue weighted by Gasteiger charge is -2.18. The molecule has 1 aliphatic rings. The van der Waals surface area contributed by atoms with Gasteiger partial charge in [-0.15, -0.1) is 0 Å². The molecule has 0 unspecified atom stereocenters. The van der Waals surface area contributed by atoms with Crippen LogP contribution < -0.4 is 14.8 Å². The van der Waals surface area contributed by atoms with E-state index in [9.17, 15) is 8.78 Å². The van der Waals surface area contributed by atoms with Crippen molar-refractivity contribution in [2.75, 3.05) is 18.7 Å². The summed E-state index contributed by atoms with van der Waals surface area (Å²) < 4.78 is 38.4. The number of nitrogens with one attached hydrogen (secondary N) is 1. The molecule has 3 nitrogen and oxygen atoms in total. The Hall–Kier alpha value is -2.30. The highest BCUT2D eigenvalue weighted by Crippen LogP contribution is 2.35. The van der Waals surface area contributed by atoms with Crippen LogP contribution in [-0.2, 0) is 5.92 Å². The number of ether oxygens (including phenoxy) is 2. The van der Waals surface area contributed by atoms with Crippen LogP contribution in [0.15, 0.2) is 48.5 Å². The molecule has 20 heavy (non-hydrogen) atoms. The predicted octanol–water partition coefficient (Wildman–Crippen LogP) is 3.62. The zero-order valence-corrected chi connectivity index (χ0v) is 10.6. The van der Waals surface area contributed by atoms with Crippen LogP contribution in [0.4, 0.5) is 14.5 Å². The van der Waals surface area contributed by atoms with Gasteiger partial charge in [-0.3, -0.25) is 0 Å². The van der Waals surface area contributed by atoms with Gasteiger partial charge in [-0.25, -0.2) is 0 Å². The number of hydrogen-bond acceptors (Lipinski definition) is 3. The molecule has 0 amide bonds. The van der Waals surface area contributed by atoms with Gasteiger partial charge in [0.05, 0.1) is 6.54 Å². The molecular formula is C15H13F2NO2. The molecule has 1 aliphatic heterocycles. The number of halogens is 2. The van der Waals surface area contributed by atoms with Crippen LogP contribution in [0.5, 0.6) is 11.5 Å². The largest absolute Gasteiger partial charge is 0.454 e. The molecule has 2 aromatic rings. The molecule has 104 valence electrons. The number of hydrogen-bond donors (Lipinski definition) is 1. The summed E-state index contributed by atoms with van der Waals surface area (Å²) in [6, 6.07) is 12.8. The molecule has 3 rings (SSSR count). The van der Waals surface area contributed by atoms with Crippen molar-refractivity contribution in [2.24, 2.45) is 0 Å². The Morgan fingerprint density at radius 1 is 1.00 bits per heavy atom. The predicted molar refractivity (Wildman–Crippen MR) is 71.4 cm³/mol. The molecule has 0 radical (unpaired) electrons. The molecule has 0 bridgehead atoms. The van der Waals surface area contributed by atoms with Crippen molar-refractivity contribution in [2.45, 2.75) is 5.92 Å². The maximum absolute atomic E-state index is 14.0. The third-order valence-electron chi connectivity index (χ3n) is 3.08. The fourth-order valence-corrected chi connectivity index (χ4v) is 2.00. The van der Waals surface area contributed by atoms with E-state index < -0.39 is 12.5 Å². The lowest BCUT2D eigenvalue weighted by Crippen LogP contribution is -2.24. The third-order valence-corrected chi connectivity index (χ3v) is 3.08. The first-order valence-corrected chi connectivity index (χ1v) is 6.22. The molecule has 0 atom stereocenters. The van der Waals surface area contributed by atoms with E-state index in [1.165, 1.54) is 12.1 Å². The van der Waals surface area contributed by atoms with Crippen LogP contribution in [-0.4, -0.2) is 13.3 Å². The number of rotatable bonds is 4. The molecule has 0 spiro atoms. The van der Waals surface area contributed by atoms with Gasteiger partial charge < -0.3 is 14.8 Å². The number of alkyl halides is 2. The summed E-state index contributed by atoms with van der Waals surface area (Å²) in [6.45, 7) is -0.310. The van der Waals surface area contributed by atoms with E-state index in [0.29, 0.717) is 17.2 Å². The minimum absolute atomic E-state index is 0.00626. The van der Waals surface area contributed by atoms with Gasteiger partial charge >= 0.3 is 0 Å². The normalized spacial score (nSPS) is 13.3. The van der Waals surface area contributed by atoms with E-state index in [1.807, 2.05) is 0 Å². The molecule has 1 heterocycles. The van der Waals surface area contributed by atoms with Crippen molar-refractivity contribution in [3.8, 4) is 11.5 Å². The molecule has 5 heteroatoms. The van der Waals surface area contributed by atoms with Gasteiger partial charge in [0.2, 0.25) is 6.79 Å². The van der Waals surface area contributed by atoms with Gasteiger partial charge in [0.25, 0.3) is 5.92 Å². The average Bonchev–Trinajstić information content (AvgIpc) is 2.94. The van der Waals surface area contributed by atoms with Gasteiger partial charge in [0, 0.05) is 17.3 Å². The number of benzene rings is 2. The third kappa shape index (κ3) is 2.52. The smallest absolute Gasteiger partial charge is 0.290 e. The SMILES string of the molecule is FC(F)(CNc1ccc2c(c1)OCO2)c1ccccc1.